The number of furan rings is 1. The van der Waals surface area contributed by atoms with Crippen molar-refractivity contribution < 1.29 is 18.7 Å². The number of terminal acetylenes is 1. The average Bonchev–Trinajstić information content (AvgIpc) is 3.46. The lowest BCUT2D eigenvalue weighted by Crippen LogP contribution is -2.31. The molecule has 9 nitrogen and oxygen atoms in total. The van der Waals surface area contributed by atoms with Crippen LogP contribution in [0.4, 0.5) is 5.69 Å². The molecule has 4 aromatic rings. The molecule has 0 bridgehead atoms. The van der Waals surface area contributed by atoms with E-state index in [0.29, 0.717) is 33.9 Å². The van der Waals surface area contributed by atoms with E-state index in [0.717, 1.165) is 5.56 Å². The van der Waals surface area contributed by atoms with Gasteiger partial charge in [0, 0.05) is 37.8 Å². The number of fused-ring (bicyclic) bond motifs is 1. The first-order valence-corrected chi connectivity index (χ1v) is 10.5. The van der Waals surface area contributed by atoms with Crippen molar-refractivity contribution in [3.8, 4) is 23.7 Å². The van der Waals surface area contributed by atoms with Crippen molar-refractivity contribution in [2.45, 2.75) is 6.54 Å². The molecule has 0 atom stereocenters. The van der Waals surface area contributed by atoms with E-state index in [1.54, 1.807) is 42.9 Å². The van der Waals surface area contributed by atoms with Crippen LogP contribution in [0.25, 0.3) is 22.4 Å². The zero-order valence-electron chi connectivity index (χ0n) is 18.8. The Morgan fingerprint density at radius 1 is 1.26 bits per heavy atom. The summed E-state index contributed by atoms with van der Waals surface area (Å²) in [5.74, 6) is 3.13. The number of aryl methyl sites for hydroxylation is 1. The number of rotatable bonds is 8. The van der Waals surface area contributed by atoms with Crippen LogP contribution in [0.2, 0.25) is 0 Å². The molecule has 1 aromatic carbocycles. The largest absolute Gasteiger partial charge is 0.467 e. The second kappa shape index (κ2) is 10.0. The van der Waals surface area contributed by atoms with Gasteiger partial charge in [-0.15, -0.1) is 6.42 Å². The number of methoxy groups -OCH3 is 1. The monoisotopic (exact) mass is 457 g/mol. The van der Waals surface area contributed by atoms with E-state index >= 15 is 0 Å². The Labute approximate surface area is 196 Å². The molecule has 3 heterocycles. The number of aromatic nitrogens is 3. The number of nitrogens with zero attached hydrogens (tertiary/aromatic N) is 4. The number of amides is 2. The fourth-order valence-electron chi connectivity index (χ4n) is 3.75. The minimum Gasteiger partial charge on any atom is -0.467 e. The van der Waals surface area contributed by atoms with Gasteiger partial charge in [-0.2, -0.15) is 0 Å². The highest BCUT2D eigenvalue weighted by atomic mass is 16.5. The summed E-state index contributed by atoms with van der Waals surface area (Å²) in [6.07, 6.45) is 10.5. The van der Waals surface area contributed by atoms with E-state index in [1.807, 2.05) is 23.7 Å². The molecule has 0 aliphatic rings. The van der Waals surface area contributed by atoms with Gasteiger partial charge in [0.25, 0.3) is 5.91 Å². The molecule has 2 amide bonds. The van der Waals surface area contributed by atoms with Crippen LogP contribution >= 0.6 is 0 Å². The highest BCUT2D eigenvalue weighted by Gasteiger charge is 2.24. The molecule has 0 spiro atoms. The number of hydrogen-bond donors (Lipinski definition) is 1. The molecule has 0 aliphatic heterocycles. The Balaban J connectivity index is 1.84. The first-order chi connectivity index (χ1) is 16.5. The maximum atomic E-state index is 13.7. The zero-order valence-corrected chi connectivity index (χ0v) is 18.8. The first-order valence-electron chi connectivity index (χ1n) is 10.5. The Morgan fingerprint density at radius 3 is 2.74 bits per heavy atom. The molecule has 9 heteroatoms. The predicted molar refractivity (Wildman–Crippen MR) is 127 cm³/mol. The number of hydrogen-bond acceptors (Lipinski definition) is 6. The van der Waals surface area contributed by atoms with Crippen LogP contribution in [0.3, 0.4) is 0 Å². The summed E-state index contributed by atoms with van der Waals surface area (Å²) >= 11 is 0. The minimum absolute atomic E-state index is 0.0797. The standard InChI is InChI=1S/C25H23N5O4/c1-4-11-30(15-19-6-5-12-34-19)25(32)20-13-18(27-22(31)16-33-3)14-21-23(20)29(2)24(28-21)17-7-9-26-10-8-17/h1,5-10,12-14H,11,15-16H2,2-3H3,(H,27,31). The van der Waals surface area contributed by atoms with Gasteiger partial charge in [-0.05, 0) is 36.4 Å². The van der Waals surface area contributed by atoms with Gasteiger partial charge in [0.15, 0.2) is 0 Å². The van der Waals surface area contributed by atoms with Crippen molar-refractivity contribution >= 4 is 28.5 Å². The Kier molecular flexibility index (Phi) is 6.71. The summed E-state index contributed by atoms with van der Waals surface area (Å²) in [4.78, 5) is 36.2. The van der Waals surface area contributed by atoms with E-state index in [2.05, 4.69) is 16.2 Å². The number of benzene rings is 1. The number of carbonyl (C=O) groups excluding carboxylic acids is 2. The molecule has 0 radical (unpaired) electrons. The molecular weight excluding hydrogens is 434 g/mol. The Morgan fingerprint density at radius 2 is 2.06 bits per heavy atom. The van der Waals surface area contributed by atoms with Crippen molar-refractivity contribution in [2.24, 2.45) is 7.05 Å². The number of pyridine rings is 1. The van der Waals surface area contributed by atoms with Crippen LogP contribution in [0.1, 0.15) is 16.1 Å². The van der Waals surface area contributed by atoms with E-state index in [1.165, 1.54) is 12.0 Å². The highest BCUT2D eigenvalue weighted by molar-refractivity contribution is 6.08. The van der Waals surface area contributed by atoms with Crippen molar-refractivity contribution in [3.63, 3.8) is 0 Å². The van der Waals surface area contributed by atoms with Gasteiger partial charge in [0.2, 0.25) is 5.91 Å². The van der Waals surface area contributed by atoms with Crippen molar-refractivity contribution in [2.75, 3.05) is 25.6 Å². The Bertz CT molecular complexity index is 1350. The molecule has 0 saturated heterocycles. The van der Waals surface area contributed by atoms with Gasteiger partial charge < -0.3 is 23.9 Å². The molecule has 0 aliphatic carbocycles. The number of ether oxygens (including phenoxy) is 1. The fraction of sp³-hybridized carbons (Fsp3) is 0.200. The minimum atomic E-state index is -0.346. The van der Waals surface area contributed by atoms with Crippen molar-refractivity contribution in [3.05, 3.63) is 66.4 Å². The zero-order chi connectivity index (χ0) is 24.1. The van der Waals surface area contributed by atoms with Crippen LogP contribution in [0.15, 0.2) is 59.5 Å². The van der Waals surface area contributed by atoms with Crippen LogP contribution in [0.5, 0.6) is 0 Å². The lowest BCUT2D eigenvalue weighted by atomic mass is 10.1. The van der Waals surface area contributed by atoms with E-state index in [9.17, 15) is 9.59 Å². The third-order valence-corrected chi connectivity index (χ3v) is 5.19. The normalized spacial score (nSPS) is 10.7. The van der Waals surface area contributed by atoms with Crippen molar-refractivity contribution in [1.29, 1.82) is 0 Å². The van der Waals surface area contributed by atoms with Gasteiger partial charge in [-0.3, -0.25) is 14.6 Å². The number of nitrogens with one attached hydrogen (secondary N) is 1. The van der Waals surface area contributed by atoms with Crippen LogP contribution in [-0.4, -0.2) is 51.5 Å². The summed E-state index contributed by atoms with van der Waals surface area (Å²) < 4.78 is 12.2. The highest BCUT2D eigenvalue weighted by Crippen LogP contribution is 2.30. The number of carbonyl (C=O) groups is 2. The quantitative estimate of drug-likeness (QED) is 0.408. The summed E-state index contributed by atoms with van der Waals surface area (Å²) in [5.41, 5.74) is 2.78. The molecule has 3 aromatic heterocycles. The maximum absolute atomic E-state index is 13.7. The van der Waals surface area contributed by atoms with Gasteiger partial charge in [-0.1, -0.05) is 5.92 Å². The SMILES string of the molecule is C#CCN(Cc1ccco1)C(=O)c1cc(NC(=O)COC)cc2nc(-c3ccncc3)n(C)c12. The van der Waals surface area contributed by atoms with Crippen LogP contribution in [-0.2, 0) is 23.1 Å². The Hall–Kier alpha value is -4.42. The smallest absolute Gasteiger partial charge is 0.257 e. The summed E-state index contributed by atoms with van der Waals surface area (Å²) in [5, 5.41) is 2.76. The third-order valence-electron chi connectivity index (χ3n) is 5.19. The molecule has 0 unspecified atom stereocenters. The molecule has 34 heavy (non-hydrogen) atoms. The lowest BCUT2D eigenvalue weighted by Gasteiger charge is -2.20. The summed E-state index contributed by atoms with van der Waals surface area (Å²) in [6.45, 7) is 0.163. The van der Waals surface area contributed by atoms with E-state index in [4.69, 9.17) is 20.6 Å². The second-order valence-corrected chi connectivity index (χ2v) is 7.55. The topological polar surface area (TPSA) is 102 Å². The summed E-state index contributed by atoms with van der Waals surface area (Å²) in [7, 11) is 3.27. The van der Waals surface area contributed by atoms with E-state index in [-0.39, 0.29) is 31.5 Å². The maximum Gasteiger partial charge on any atom is 0.257 e. The third kappa shape index (κ3) is 4.67. The molecule has 0 fully saturated rings. The fourth-order valence-corrected chi connectivity index (χ4v) is 3.75. The van der Waals surface area contributed by atoms with Crippen molar-refractivity contribution in [1.82, 2.24) is 19.4 Å². The van der Waals surface area contributed by atoms with Gasteiger partial charge in [-0.25, -0.2) is 4.98 Å². The molecule has 0 saturated carbocycles. The first kappa shape index (κ1) is 22.8. The predicted octanol–water partition coefficient (Wildman–Crippen LogP) is 3.09. The van der Waals surface area contributed by atoms with Gasteiger partial charge >= 0.3 is 0 Å². The van der Waals surface area contributed by atoms with Gasteiger partial charge in [0.1, 0.15) is 18.2 Å². The molecule has 172 valence electrons. The molecular formula is C25H23N5O4. The number of imidazole rings is 1. The van der Waals surface area contributed by atoms with Crippen LogP contribution < -0.4 is 5.32 Å². The molecule has 1 N–H and O–H groups in total. The van der Waals surface area contributed by atoms with E-state index < -0.39 is 0 Å². The average molecular weight is 457 g/mol. The summed E-state index contributed by atoms with van der Waals surface area (Å²) in [6, 6.07) is 10.6. The van der Waals surface area contributed by atoms with Gasteiger partial charge in [0.05, 0.1) is 35.9 Å². The second-order valence-electron chi connectivity index (χ2n) is 7.55. The molecule has 4 rings (SSSR count). The van der Waals surface area contributed by atoms with Crippen LogP contribution in [0, 0.1) is 12.3 Å². The number of anilines is 1. The lowest BCUT2D eigenvalue weighted by molar-refractivity contribution is -0.119.